The van der Waals surface area contributed by atoms with Gasteiger partial charge in [-0.2, -0.15) is 0 Å². The van der Waals surface area contributed by atoms with Crippen LogP contribution in [0.2, 0.25) is 0 Å². The molecule has 2 fully saturated rings. The van der Waals surface area contributed by atoms with E-state index < -0.39 is 65.5 Å². The minimum atomic E-state index is -1.06. The van der Waals surface area contributed by atoms with Gasteiger partial charge in [-0.25, -0.2) is 4.98 Å². The van der Waals surface area contributed by atoms with E-state index >= 15 is 0 Å². The molecular formula is C37H51N7O6. The number of nitrogens with zero attached hydrogens (tertiary/aromatic N) is 3. The predicted molar refractivity (Wildman–Crippen MR) is 186 cm³/mol. The number of carbonyl (C=O) groups excluding carboxylic acids is 6. The molecule has 1 aliphatic heterocycles. The maximum absolute atomic E-state index is 14.3. The summed E-state index contributed by atoms with van der Waals surface area (Å²) < 4.78 is 0. The Kier molecular flexibility index (Phi) is 13.2. The molecule has 270 valence electrons. The molecule has 0 bridgehead atoms. The first kappa shape index (κ1) is 38.1. The summed E-state index contributed by atoms with van der Waals surface area (Å²) in [7, 11) is 0. The second-order valence-electron chi connectivity index (χ2n) is 14.1. The molecule has 0 unspecified atom stereocenters. The van der Waals surface area contributed by atoms with E-state index in [0.29, 0.717) is 13.0 Å². The molecule has 1 aromatic heterocycles. The molecule has 1 aromatic carbocycles. The van der Waals surface area contributed by atoms with Gasteiger partial charge in [-0.3, -0.25) is 33.8 Å². The minimum absolute atomic E-state index is 0.0583. The fraction of sp³-hybridized carbons (Fsp3) is 0.568. The van der Waals surface area contributed by atoms with Crippen molar-refractivity contribution in [1.82, 2.24) is 36.1 Å². The first-order valence-electron chi connectivity index (χ1n) is 17.7. The van der Waals surface area contributed by atoms with Gasteiger partial charge in [0.1, 0.15) is 23.8 Å². The number of Topliss-reactive ketones (excluding diaryl/α,β-unsaturated/α-hetero) is 1. The lowest BCUT2D eigenvalue weighted by molar-refractivity contribution is -0.145. The molecule has 4 N–H and O–H groups in total. The maximum Gasteiger partial charge on any atom is 0.290 e. The summed E-state index contributed by atoms with van der Waals surface area (Å²) >= 11 is 0. The maximum atomic E-state index is 14.3. The van der Waals surface area contributed by atoms with Crippen LogP contribution in [0.4, 0.5) is 0 Å². The van der Waals surface area contributed by atoms with Crippen LogP contribution in [0.25, 0.3) is 0 Å². The molecule has 13 heteroatoms. The van der Waals surface area contributed by atoms with Gasteiger partial charge in [0.15, 0.2) is 0 Å². The van der Waals surface area contributed by atoms with Crippen LogP contribution in [0.3, 0.4) is 0 Å². The van der Waals surface area contributed by atoms with Gasteiger partial charge in [0.2, 0.25) is 23.5 Å². The number of aromatic nitrogens is 2. The third kappa shape index (κ3) is 9.10. The van der Waals surface area contributed by atoms with Crippen molar-refractivity contribution in [3.05, 3.63) is 60.2 Å². The van der Waals surface area contributed by atoms with Crippen LogP contribution in [0.15, 0.2) is 48.9 Å². The third-order valence-corrected chi connectivity index (χ3v) is 9.79. The largest absolute Gasteiger partial charge is 0.344 e. The Morgan fingerprint density at radius 3 is 2.18 bits per heavy atom. The van der Waals surface area contributed by atoms with Gasteiger partial charge >= 0.3 is 0 Å². The Bertz CT molecular complexity index is 1520. The summed E-state index contributed by atoms with van der Waals surface area (Å²) in [5.74, 6) is -4.18. The van der Waals surface area contributed by atoms with Crippen LogP contribution < -0.4 is 21.3 Å². The Morgan fingerprint density at radius 1 is 0.860 bits per heavy atom. The summed E-state index contributed by atoms with van der Waals surface area (Å²) in [5.41, 5.74) is 0.902. The smallest absolute Gasteiger partial charge is 0.290 e. The average molecular weight is 690 g/mol. The Balaban J connectivity index is 1.49. The van der Waals surface area contributed by atoms with E-state index in [4.69, 9.17) is 0 Å². The molecule has 7 atom stereocenters. The molecule has 1 saturated heterocycles. The van der Waals surface area contributed by atoms with Gasteiger partial charge < -0.3 is 26.2 Å². The van der Waals surface area contributed by atoms with E-state index in [-0.39, 0.29) is 35.8 Å². The van der Waals surface area contributed by atoms with Crippen LogP contribution in [0, 0.1) is 23.7 Å². The molecule has 2 aliphatic rings. The van der Waals surface area contributed by atoms with Crippen LogP contribution in [0.1, 0.15) is 95.7 Å². The second kappa shape index (κ2) is 17.3. The molecular weight excluding hydrogens is 638 g/mol. The van der Waals surface area contributed by atoms with E-state index in [1.54, 1.807) is 25.7 Å². The number of nitrogens with one attached hydrogen (secondary N) is 4. The highest BCUT2D eigenvalue weighted by Gasteiger charge is 2.51. The van der Waals surface area contributed by atoms with E-state index in [1.165, 1.54) is 18.6 Å². The number of fused-ring (bicyclic) bond motifs is 1. The minimum Gasteiger partial charge on any atom is -0.344 e. The van der Waals surface area contributed by atoms with E-state index in [1.807, 2.05) is 51.1 Å². The molecule has 50 heavy (non-hydrogen) atoms. The Labute approximate surface area is 294 Å². The fourth-order valence-corrected chi connectivity index (χ4v) is 7.04. The number of ketones is 1. The number of amides is 5. The second-order valence-corrected chi connectivity index (χ2v) is 14.1. The number of benzene rings is 1. The summed E-state index contributed by atoms with van der Waals surface area (Å²) in [6.07, 6.45) is 7.45. The van der Waals surface area contributed by atoms with Gasteiger partial charge in [0.05, 0.1) is 18.3 Å². The normalized spacial score (nSPS) is 20.7. The van der Waals surface area contributed by atoms with Crippen molar-refractivity contribution in [2.75, 3.05) is 6.54 Å². The summed E-state index contributed by atoms with van der Waals surface area (Å²) in [6, 6.07) is 5.01. The number of hydrogen-bond donors (Lipinski definition) is 4. The molecule has 2 aromatic rings. The summed E-state index contributed by atoms with van der Waals surface area (Å²) in [5, 5.41) is 11.2. The van der Waals surface area contributed by atoms with Gasteiger partial charge in [0.25, 0.3) is 11.8 Å². The lowest BCUT2D eigenvalue weighted by Crippen LogP contribution is -2.60. The third-order valence-electron chi connectivity index (χ3n) is 9.79. The molecule has 2 heterocycles. The Hall–Kier alpha value is -4.68. The highest BCUT2D eigenvalue weighted by Crippen LogP contribution is 2.42. The van der Waals surface area contributed by atoms with Gasteiger partial charge in [-0.05, 0) is 55.4 Å². The number of rotatable bonds is 15. The Morgan fingerprint density at radius 2 is 1.56 bits per heavy atom. The first-order chi connectivity index (χ1) is 23.8. The van der Waals surface area contributed by atoms with Crippen molar-refractivity contribution in [3.8, 4) is 0 Å². The van der Waals surface area contributed by atoms with E-state index in [9.17, 15) is 28.8 Å². The summed E-state index contributed by atoms with van der Waals surface area (Å²) in [4.78, 5) is 90.8. The quantitative estimate of drug-likeness (QED) is 0.206. The number of carbonyl (C=O) groups is 6. The van der Waals surface area contributed by atoms with Crippen molar-refractivity contribution in [1.29, 1.82) is 0 Å². The van der Waals surface area contributed by atoms with E-state index in [2.05, 4.69) is 31.2 Å². The van der Waals surface area contributed by atoms with Crippen molar-refractivity contribution in [2.24, 2.45) is 23.7 Å². The molecule has 0 radical (unpaired) electrons. The standard InChI is InChI=1S/C37H51N7O6/c1-7-12-27(32(45)36(49)40-23(6)24-13-9-8-10-14-24)41-35(48)31-26-16-11-15-25(26)20-44(31)37(50)30(22(4)5)43-34(47)29(21(2)3)42-33(46)28-19-38-17-18-39-28/h8-10,13-14,17-19,21-23,25-27,29-31H,7,11-12,15-16,20H2,1-6H3,(H,40,49)(H,41,48)(H,42,46)(H,43,47)/t23-,25-,26-,27+,29-,30-,31-/m0/s1. The molecule has 5 amide bonds. The zero-order valence-corrected chi connectivity index (χ0v) is 29.8. The van der Waals surface area contributed by atoms with Crippen molar-refractivity contribution in [3.63, 3.8) is 0 Å². The fourth-order valence-electron chi connectivity index (χ4n) is 7.04. The predicted octanol–water partition coefficient (Wildman–Crippen LogP) is 2.73. The zero-order chi connectivity index (χ0) is 36.5. The van der Waals surface area contributed by atoms with Crippen molar-refractivity contribution >= 4 is 35.3 Å². The van der Waals surface area contributed by atoms with Gasteiger partial charge in [-0.15, -0.1) is 0 Å². The number of likely N-dealkylation sites (tertiary alicyclic amines) is 1. The molecule has 1 aliphatic carbocycles. The number of hydrogen-bond acceptors (Lipinski definition) is 8. The van der Waals surface area contributed by atoms with E-state index in [0.717, 1.165) is 24.8 Å². The van der Waals surface area contributed by atoms with Crippen LogP contribution >= 0.6 is 0 Å². The zero-order valence-electron chi connectivity index (χ0n) is 29.8. The summed E-state index contributed by atoms with van der Waals surface area (Å²) in [6.45, 7) is 11.2. The van der Waals surface area contributed by atoms with Gasteiger partial charge in [-0.1, -0.05) is 77.8 Å². The van der Waals surface area contributed by atoms with Crippen LogP contribution in [-0.2, 0) is 24.0 Å². The molecule has 4 rings (SSSR count). The lowest BCUT2D eigenvalue weighted by atomic mass is 9.92. The van der Waals surface area contributed by atoms with Crippen molar-refractivity contribution < 1.29 is 28.8 Å². The topological polar surface area (TPSA) is 180 Å². The highest BCUT2D eigenvalue weighted by atomic mass is 16.2. The van der Waals surface area contributed by atoms with Crippen LogP contribution in [0.5, 0.6) is 0 Å². The van der Waals surface area contributed by atoms with Crippen LogP contribution in [-0.4, -0.2) is 80.9 Å². The molecule has 13 nitrogen and oxygen atoms in total. The van der Waals surface area contributed by atoms with Gasteiger partial charge in [0, 0.05) is 18.9 Å². The average Bonchev–Trinajstić information content (AvgIpc) is 3.71. The highest BCUT2D eigenvalue weighted by molar-refractivity contribution is 6.38. The SMILES string of the molecule is CCC[C@@H](NC(=O)[C@@H]1[C@H]2CCC[C@H]2CN1C(=O)[C@@H](NC(=O)[C@@H](NC(=O)c1cnccn1)C(C)C)C(C)C)C(=O)C(=O)N[C@@H](C)c1ccccc1. The first-order valence-corrected chi connectivity index (χ1v) is 17.7. The van der Waals surface area contributed by atoms with Crippen molar-refractivity contribution in [2.45, 2.75) is 104 Å². The molecule has 1 saturated carbocycles. The lowest BCUT2D eigenvalue weighted by Gasteiger charge is -2.34. The monoisotopic (exact) mass is 689 g/mol. The molecule has 0 spiro atoms.